The molecule has 0 aliphatic carbocycles. The summed E-state index contributed by atoms with van der Waals surface area (Å²) in [7, 11) is 0. The third-order valence-electron chi connectivity index (χ3n) is 2.72. The van der Waals surface area contributed by atoms with Gasteiger partial charge in [-0.3, -0.25) is 0 Å². The topological polar surface area (TPSA) is 12.0 Å². The first-order valence-corrected chi connectivity index (χ1v) is 5.06. The second-order valence-electron chi connectivity index (χ2n) is 3.91. The van der Waals surface area contributed by atoms with Crippen LogP contribution in [0, 0.1) is 5.92 Å². The molecule has 66 valence electrons. The van der Waals surface area contributed by atoms with Crippen LogP contribution in [0.15, 0.2) is 0 Å². The van der Waals surface area contributed by atoms with Gasteiger partial charge < -0.3 is 5.32 Å². The standard InChI is InChI=1S/C10H21N/c1-3-4-10-6-5-9(2)7-8-11-10/h9-11H,3-8H2,1-2H3. The maximum Gasteiger partial charge on any atom is 0.00670 e. The van der Waals surface area contributed by atoms with Crippen molar-refractivity contribution in [2.75, 3.05) is 6.54 Å². The molecule has 0 amide bonds. The van der Waals surface area contributed by atoms with E-state index >= 15 is 0 Å². The molecule has 0 saturated carbocycles. The molecule has 2 atom stereocenters. The van der Waals surface area contributed by atoms with E-state index in [-0.39, 0.29) is 0 Å². The maximum atomic E-state index is 3.61. The summed E-state index contributed by atoms with van der Waals surface area (Å²) in [6, 6.07) is 0.824. The summed E-state index contributed by atoms with van der Waals surface area (Å²) in [6.07, 6.45) is 6.89. The van der Waals surface area contributed by atoms with Gasteiger partial charge in [-0.2, -0.15) is 0 Å². The molecule has 1 N–H and O–H groups in total. The average molecular weight is 155 g/mol. The molecule has 1 aliphatic rings. The van der Waals surface area contributed by atoms with Crippen LogP contribution in [-0.2, 0) is 0 Å². The van der Waals surface area contributed by atoms with Crippen molar-refractivity contribution in [2.24, 2.45) is 5.92 Å². The Morgan fingerprint density at radius 1 is 1.27 bits per heavy atom. The predicted octanol–water partition coefficient (Wildman–Crippen LogP) is 2.56. The third kappa shape index (κ3) is 3.24. The molecular weight excluding hydrogens is 134 g/mol. The Morgan fingerprint density at radius 2 is 2.09 bits per heavy atom. The first-order valence-electron chi connectivity index (χ1n) is 5.06. The molecule has 2 unspecified atom stereocenters. The van der Waals surface area contributed by atoms with Gasteiger partial charge in [0.25, 0.3) is 0 Å². The first-order chi connectivity index (χ1) is 5.33. The molecule has 1 rings (SSSR count). The van der Waals surface area contributed by atoms with Crippen LogP contribution in [0.3, 0.4) is 0 Å². The summed E-state index contributed by atoms with van der Waals surface area (Å²) in [4.78, 5) is 0. The Labute approximate surface area is 70.6 Å². The van der Waals surface area contributed by atoms with Gasteiger partial charge in [-0.25, -0.2) is 0 Å². The van der Waals surface area contributed by atoms with Crippen molar-refractivity contribution < 1.29 is 0 Å². The van der Waals surface area contributed by atoms with Crippen LogP contribution >= 0.6 is 0 Å². The summed E-state index contributed by atoms with van der Waals surface area (Å²) in [5.74, 6) is 0.948. The van der Waals surface area contributed by atoms with Crippen LogP contribution in [0.2, 0.25) is 0 Å². The molecule has 0 bridgehead atoms. The highest BCUT2D eigenvalue weighted by atomic mass is 14.9. The predicted molar refractivity (Wildman–Crippen MR) is 49.7 cm³/mol. The van der Waals surface area contributed by atoms with Crippen LogP contribution in [0.1, 0.15) is 46.0 Å². The largest absolute Gasteiger partial charge is 0.314 e. The summed E-state index contributed by atoms with van der Waals surface area (Å²) in [5.41, 5.74) is 0. The van der Waals surface area contributed by atoms with E-state index in [0.717, 1.165) is 12.0 Å². The highest BCUT2D eigenvalue weighted by Crippen LogP contribution is 2.17. The van der Waals surface area contributed by atoms with Crippen molar-refractivity contribution in [1.82, 2.24) is 5.32 Å². The van der Waals surface area contributed by atoms with E-state index in [1.54, 1.807) is 0 Å². The molecule has 11 heavy (non-hydrogen) atoms. The van der Waals surface area contributed by atoms with Gasteiger partial charge in [0.2, 0.25) is 0 Å². The Hall–Kier alpha value is -0.0400. The molecule has 0 aromatic heterocycles. The summed E-state index contributed by atoms with van der Waals surface area (Å²) in [6.45, 7) is 5.89. The second kappa shape index (κ2) is 4.76. The molecule has 0 aromatic rings. The van der Waals surface area contributed by atoms with Crippen molar-refractivity contribution in [2.45, 2.75) is 52.0 Å². The van der Waals surface area contributed by atoms with Gasteiger partial charge in [0.05, 0.1) is 0 Å². The molecule has 1 aliphatic heterocycles. The van der Waals surface area contributed by atoms with Crippen LogP contribution in [0.25, 0.3) is 0 Å². The van der Waals surface area contributed by atoms with Crippen molar-refractivity contribution in [3.8, 4) is 0 Å². The molecule has 1 fully saturated rings. The van der Waals surface area contributed by atoms with Gasteiger partial charge in [-0.05, 0) is 38.1 Å². The zero-order valence-corrected chi connectivity index (χ0v) is 7.90. The smallest absolute Gasteiger partial charge is 0.00670 e. The molecule has 1 heteroatoms. The summed E-state index contributed by atoms with van der Waals surface area (Å²) in [5, 5.41) is 3.61. The maximum absolute atomic E-state index is 3.61. The van der Waals surface area contributed by atoms with Crippen molar-refractivity contribution in [3.05, 3.63) is 0 Å². The van der Waals surface area contributed by atoms with Gasteiger partial charge in [0, 0.05) is 6.04 Å². The minimum atomic E-state index is 0.824. The Morgan fingerprint density at radius 3 is 2.82 bits per heavy atom. The fourth-order valence-electron chi connectivity index (χ4n) is 1.86. The Kier molecular flexibility index (Phi) is 3.92. The van der Waals surface area contributed by atoms with E-state index in [1.165, 1.54) is 38.6 Å². The van der Waals surface area contributed by atoms with Gasteiger partial charge in [-0.1, -0.05) is 20.3 Å². The van der Waals surface area contributed by atoms with Crippen LogP contribution in [-0.4, -0.2) is 12.6 Å². The van der Waals surface area contributed by atoms with E-state index in [9.17, 15) is 0 Å². The fraction of sp³-hybridized carbons (Fsp3) is 1.00. The highest BCUT2D eigenvalue weighted by molar-refractivity contribution is 4.72. The lowest BCUT2D eigenvalue weighted by Gasteiger charge is -2.13. The molecular formula is C10H21N. The van der Waals surface area contributed by atoms with Gasteiger partial charge in [0.15, 0.2) is 0 Å². The lowest BCUT2D eigenvalue weighted by molar-refractivity contribution is 0.463. The highest BCUT2D eigenvalue weighted by Gasteiger charge is 2.13. The second-order valence-corrected chi connectivity index (χ2v) is 3.91. The molecule has 1 heterocycles. The SMILES string of the molecule is CCCC1CCC(C)CCN1. The lowest BCUT2D eigenvalue weighted by Crippen LogP contribution is -2.27. The fourth-order valence-corrected chi connectivity index (χ4v) is 1.86. The van der Waals surface area contributed by atoms with Crippen molar-refractivity contribution in [1.29, 1.82) is 0 Å². The third-order valence-corrected chi connectivity index (χ3v) is 2.72. The van der Waals surface area contributed by atoms with Crippen LogP contribution in [0.5, 0.6) is 0 Å². The van der Waals surface area contributed by atoms with E-state index < -0.39 is 0 Å². The minimum absolute atomic E-state index is 0.824. The molecule has 1 saturated heterocycles. The van der Waals surface area contributed by atoms with Crippen LogP contribution < -0.4 is 5.32 Å². The van der Waals surface area contributed by atoms with E-state index in [2.05, 4.69) is 19.2 Å². The molecule has 0 spiro atoms. The molecule has 1 nitrogen and oxygen atoms in total. The number of hydrogen-bond donors (Lipinski definition) is 1. The van der Waals surface area contributed by atoms with Gasteiger partial charge in [-0.15, -0.1) is 0 Å². The van der Waals surface area contributed by atoms with Crippen molar-refractivity contribution >= 4 is 0 Å². The lowest BCUT2D eigenvalue weighted by atomic mass is 10.00. The van der Waals surface area contributed by atoms with Gasteiger partial charge >= 0.3 is 0 Å². The zero-order valence-electron chi connectivity index (χ0n) is 7.90. The normalized spacial score (nSPS) is 33.3. The number of nitrogens with one attached hydrogen (secondary N) is 1. The minimum Gasteiger partial charge on any atom is -0.314 e. The number of hydrogen-bond acceptors (Lipinski definition) is 1. The monoisotopic (exact) mass is 155 g/mol. The van der Waals surface area contributed by atoms with Gasteiger partial charge in [0.1, 0.15) is 0 Å². The van der Waals surface area contributed by atoms with E-state index in [4.69, 9.17) is 0 Å². The average Bonchev–Trinajstić information content (AvgIpc) is 2.17. The summed E-state index contributed by atoms with van der Waals surface area (Å²) >= 11 is 0. The quantitative estimate of drug-likeness (QED) is 0.646. The Bertz CT molecular complexity index is 101. The first kappa shape index (κ1) is 9.05. The van der Waals surface area contributed by atoms with Crippen LogP contribution in [0.4, 0.5) is 0 Å². The zero-order chi connectivity index (χ0) is 8.10. The summed E-state index contributed by atoms with van der Waals surface area (Å²) < 4.78 is 0. The number of rotatable bonds is 2. The van der Waals surface area contributed by atoms with E-state index in [0.29, 0.717) is 0 Å². The Balaban J connectivity index is 2.22. The molecule has 0 aromatic carbocycles. The molecule has 0 radical (unpaired) electrons. The van der Waals surface area contributed by atoms with Crippen molar-refractivity contribution in [3.63, 3.8) is 0 Å². The van der Waals surface area contributed by atoms with E-state index in [1.807, 2.05) is 0 Å².